The highest BCUT2D eigenvalue weighted by atomic mass is 35.5. The molecule has 0 aliphatic carbocycles. The van der Waals surface area contributed by atoms with Crippen molar-refractivity contribution in [2.75, 3.05) is 44.3 Å². The third-order valence-electron chi connectivity index (χ3n) is 4.33. The summed E-state index contributed by atoms with van der Waals surface area (Å²) in [6.45, 7) is 5.81. The first kappa shape index (κ1) is 14.6. The second-order valence-corrected chi connectivity index (χ2v) is 6.02. The molecule has 1 aromatic carbocycles. The maximum atomic E-state index is 7.48. The molecule has 0 amide bonds. The Morgan fingerprint density at radius 3 is 2.71 bits per heavy atom. The molecule has 2 saturated heterocycles. The molecule has 0 radical (unpaired) electrons. The van der Waals surface area contributed by atoms with Gasteiger partial charge in [0.15, 0.2) is 0 Å². The summed E-state index contributed by atoms with van der Waals surface area (Å²) in [5.41, 5.74) is 7.22. The van der Waals surface area contributed by atoms with Crippen LogP contribution in [0.3, 0.4) is 0 Å². The van der Waals surface area contributed by atoms with E-state index in [-0.39, 0.29) is 5.84 Å². The quantitative estimate of drug-likeness (QED) is 0.656. The fourth-order valence-corrected chi connectivity index (χ4v) is 3.41. The second kappa shape index (κ2) is 6.22. The number of halogens is 1. The van der Waals surface area contributed by atoms with Crippen molar-refractivity contribution in [3.8, 4) is 0 Å². The summed E-state index contributed by atoms with van der Waals surface area (Å²) in [4.78, 5) is 4.88. The lowest BCUT2D eigenvalue weighted by molar-refractivity contribution is 0.0209. The van der Waals surface area contributed by atoms with Crippen LogP contribution < -0.4 is 10.6 Å². The second-order valence-electron chi connectivity index (χ2n) is 5.61. The summed E-state index contributed by atoms with van der Waals surface area (Å²) in [5, 5.41) is 8.03. The topological polar surface area (TPSA) is 65.6 Å². The van der Waals surface area contributed by atoms with Crippen LogP contribution in [0.1, 0.15) is 12.0 Å². The zero-order valence-electron chi connectivity index (χ0n) is 12.0. The Balaban J connectivity index is 1.68. The van der Waals surface area contributed by atoms with Gasteiger partial charge >= 0.3 is 0 Å². The van der Waals surface area contributed by atoms with Gasteiger partial charge in [-0.1, -0.05) is 11.6 Å². The number of nitrogen functional groups attached to an aromatic ring is 1. The summed E-state index contributed by atoms with van der Waals surface area (Å²) in [6, 6.07) is 6.35. The minimum atomic E-state index is 0.0131. The van der Waals surface area contributed by atoms with Crippen LogP contribution >= 0.6 is 11.6 Å². The van der Waals surface area contributed by atoms with Crippen LogP contribution in [0, 0.1) is 5.41 Å². The standard InChI is InChI=1S/C15H21ClN4O/c16-14-9-11(1-2-13(14)15(17)18)20-4-3-12(10-20)19-5-7-21-8-6-19/h1-2,9,12H,3-8,10H2,(H3,17,18). The van der Waals surface area contributed by atoms with Gasteiger partial charge in [0.1, 0.15) is 5.84 Å². The maximum absolute atomic E-state index is 7.48. The smallest absolute Gasteiger partial charge is 0.124 e. The van der Waals surface area contributed by atoms with E-state index in [0.717, 1.165) is 45.1 Å². The van der Waals surface area contributed by atoms with Gasteiger partial charge in [0.2, 0.25) is 0 Å². The minimum absolute atomic E-state index is 0.0131. The van der Waals surface area contributed by atoms with E-state index in [1.807, 2.05) is 18.2 Å². The summed E-state index contributed by atoms with van der Waals surface area (Å²) in [6.07, 6.45) is 1.17. The van der Waals surface area contributed by atoms with Gasteiger partial charge in [0.05, 0.1) is 18.2 Å². The molecule has 1 atom stereocenters. The molecule has 6 heteroatoms. The van der Waals surface area contributed by atoms with E-state index in [0.29, 0.717) is 16.6 Å². The number of rotatable bonds is 3. The first-order chi connectivity index (χ1) is 10.1. The molecule has 0 spiro atoms. The number of nitrogens with one attached hydrogen (secondary N) is 1. The number of ether oxygens (including phenoxy) is 1. The fourth-order valence-electron chi connectivity index (χ4n) is 3.14. The van der Waals surface area contributed by atoms with Crippen LogP contribution in [-0.2, 0) is 4.74 Å². The van der Waals surface area contributed by atoms with Gasteiger partial charge in [-0.25, -0.2) is 0 Å². The van der Waals surface area contributed by atoms with Gasteiger partial charge in [0, 0.05) is 43.5 Å². The highest BCUT2D eigenvalue weighted by Crippen LogP contribution is 2.27. The van der Waals surface area contributed by atoms with Crippen LogP contribution in [0.15, 0.2) is 18.2 Å². The number of amidine groups is 1. The van der Waals surface area contributed by atoms with Crippen molar-refractivity contribution >= 4 is 23.1 Å². The SMILES string of the molecule is N=C(N)c1ccc(N2CCC(N3CCOCC3)C2)cc1Cl. The molecule has 0 aromatic heterocycles. The van der Waals surface area contributed by atoms with Crippen molar-refractivity contribution in [1.29, 1.82) is 5.41 Å². The summed E-state index contributed by atoms with van der Waals surface area (Å²) in [5.74, 6) is 0.0131. The molecule has 2 heterocycles. The highest BCUT2D eigenvalue weighted by molar-refractivity contribution is 6.34. The molecule has 3 rings (SSSR count). The van der Waals surface area contributed by atoms with E-state index in [1.165, 1.54) is 6.42 Å². The highest BCUT2D eigenvalue weighted by Gasteiger charge is 2.29. The first-order valence-electron chi connectivity index (χ1n) is 7.36. The van der Waals surface area contributed by atoms with Crippen molar-refractivity contribution in [2.24, 2.45) is 5.73 Å². The number of hydrogen-bond acceptors (Lipinski definition) is 4. The van der Waals surface area contributed by atoms with E-state index in [2.05, 4.69) is 9.80 Å². The Bertz CT molecular complexity index is 530. The van der Waals surface area contributed by atoms with Crippen LogP contribution in [0.4, 0.5) is 5.69 Å². The maximum Gasteiger partial charge on any atom is 0.124 e. The van der Waals surface area contributed by atoms with Crippen molar-refractivity contribution in [3.63, 3.8) is 0 Å². The lowest BCUT2D eigenvalue weighted by Gasteiger charge is -2.32. The predicted octanol–water partition coefficient (Wildman–Crippen LogP) is 1.53. The van der Waals surface area contributed by atoms with Crippen LogP contribution in [0.5, 0.6) is 0 Å². The molecule has 0 bridgehead atoms. The van der Waals surface area contributed by atoms with Gasteiger partial charge in [-0.15, -0.1) is 0 Å². The largest absolute Gasteiger partial charge is 0.384 e. The third-order valence-corrected chi connectivity index (χ3v) is 4.65. The van der Waals surface area contributed by atoms with Gasteiger partial charge < -0.3 is 15.4 Å². The molecule has 0 saturated carbocycles. The summed E-state index contributed by atoms with van der Waals surface area (Å²) in [7, 11) is 0. The van der Waals surface area contributed by atoms with Crippen molar-refractivity contribution < 1.29 is 4.74 Å². The number of anilines is 1. The molecule has 1 unspecified atom stereocenters. The van der Waals surface area contributed by atoms with Crippen molar-refractivity contribution in [1.82, 2.24) is 4.90 Å². The Labute approximate surface area is 130 Å². The Kier molecular flexibility index (Phi) is 4.33. The molecule has 2 fully saturated rings. The minimum Gasteiger partial charge on any atom is -0.384 e. The van der Waals surface area contributed by atoms with Crippen molar-refractivity contribution in [3.05, 3.63) is 28.8 Å². The molecule has 5 nitrogen and oxygen atoms in total. The summed E-state index contributed by atoms with van der Waals surface area (Å²) < 4.78 is 5.42. The Hall–Kier alpha value is -1.30. The molecule has 1 aromatic rings. The average Bonchev–Trinajstić information content (AvgIpc) is 2.97. The average molecular weight is 309 g/mol. The molecule has 2 aliphatic rings. The molecule has 114 valence electrons. The van der Waals surface area contributed by atoms with Crippen molar-refractivity contribution in [2.45, 2.75) is 12.5 Å². The van der Waals surface area contributed by atoms with E-state index < -0.39 is 0 Å². The molecule has 3 N–H and O–H groups in total. The van der Waals surface area contributed by atoms with E-state index in [1.54, 1.807) is 0 Å². The zero-order chi connectivity index (χ0) is 14.8. The third kappa shape index (κ3) is 3.15. The van der Waals surface area contributed by atoms with E-state index in [9.17, 15) is 0 Å². The van der Waals surface area contributed by atoms with Crippen LogP contribution in [-0.4, -0.2) is 56.2 Å². The Morgan fingerprint density at radius 2 is 2.05 bits per heavy atom. The number of hydrogen-bond donors (Lipinski definition) is 2. The van der Waals surface area contributed by atoms with Gasteiger partial charge in [-0.2, -0.15) is 0 Å². The number of morpholine rings is 1. The van der Waals surface area contributed by atoms with Gasteiger partial charge in [-0.3, -0.25) is 10.3 Å². The van der Waals surface area contributed by atoms with Gasteiger partial charge in [0.25, 0.3) is 0 Å². The number of nitrogens with two attached hydrogens (primary N) is 1. The lowest BCUT2D eigenvalue weighted by Crippen LogP contribution is -2.44. The molecular formula is C15H21ClN4O. The van der Waals surface area contributed by atoms with Gasteiger partial charge in [-0.05, 0) is 24.6 Å². The number of benzene rings is 1. The molecular weight excluding hydrogens is 288 g/mol. The predicted molar refractivity (Wildman–Crippen MR) is 85.5 cm³/mol. The zero-order valence-corrected chi connectivity index (χ0v) is 12.8. The normalized spacial score (nSPS) is 23.5. The number of nitrogens with zero attached hydrogens (tertiary/aromatic N) is 2. The molecule has 21 heavy (non-hydrogen) atoms. The molecule has 2 aliphatic heterocycles. The monoisotopic (exact) mass is 308 g/mol. The fraction of sp³-hybridized carbons (Fsp3) is 0.533. The summed E-state index contributed by atoms with van der Waals surface area (Å²) >= 11 is 6.21. The van der Waals surface area contributed by atoms with E-state index in [4.69, 9.17) is 27.5 Å². The van der Waals surface area contributed by atoms with Crippen LogP contribution in [0.25, 0.3) is 0 Å². The van der Waals surface area contributed by atoms with E-state index >= 15 is 0 Å². The van der Waals surface area contributed by atoms with Crippen LogP contribution in [0.2, 0.25) is 5.02 Å². The Morgan fingerprint density at radius 1 is 1.29 bits per heavy atom. The first-order valence-corrected chi connectivity index (χ1v) is 7.73. The lowest BCUT2D eigenvalue weighted by atomic mass is 10.2.